The Morgan fingerprint density at radius 2 is 1.96 bits per heavy atom. The molecule has 0 radical (unpaired) electrons. The van der Waals surface area contributed by atoms with Crippen molar-refractivity contribution in [3.8, 4) is 0 Å². The average Bonchev–Trinajstić information content (AvgIpc) is 3.14. The molecule has 1 aromatic rings. The van der Waals surface area contributed by atoms with E-state index in [0.29, 0.717) is 36.4 Å². The average molecular weight is 406 g/mol. The van der Waals surface area contributed by atoms with Gasteiger partial charge in [0.1, 0.15) is 17.4 Å². The van der Waals surface area contributed by atoms with E-state index in [4.69, 9.17) is 21.1 Å². The number of hydrogen-bond acceptors (Lipinski definition) is 6. The third-order valence-corrected chi connectivity index (χ3v) is 5.02. The molecule has 1 saturated carbocycles. The van der Waals surface area contributed by atoms with E-state index < -0.39 is 17.4 Å². The van der Waals surface area contributed by atoms with Gasteiger partial charge in [0.05, 0.1) is 13.2 Å². The summed E-state index contributed by atoms with van der Waals surface area (Å²) in [5.41, 5.74) is -0.494. The summed E-state index contributed by atoms with van der Waals surface area (Å²) < 4.78 is 10.9. The molecule has 0 saturated heterocycles. The number of esters is 1. The molecule has 1 aromatic carbocycles. The maximum absolute atomic E-state index is 13.0. The Bertz CT molecular complexity index is 794. The SMILES string of the molecule is CCCOC(=C=O)C(Nc1ccc(Cl)cc1)C1(C(=O)OCC)CCCC1=C=O. The highest BCUT2D eigenvalue weighted by Crippen LogP contribution is 2.48. The van der Waals surface area contributed by atoms with E-state index >= 15 is 0 Å². The second kappa shape index (κ2) is 10.1. The Balaban J connectivity index is 2.58. The van der Waals surface area contributed by atoms with E-state index in [9.17, 15) is 14.4 Å². The first-order chi connectivity index (χ1) is 13.5. The summed E-state index contributed by atoms with van der Waals surface area (Å²) in [6, 6.07) is 5.85. The van der Waals surface area contributed by atoms with Gasteiger partial charge in [-0.2, -0.15) is 0 Å². The van der Waals surface area contributed by atoms with Gasteiger partial charge in [-0.25, -0.2) is 9.59 Å². The summed E-state index contributed by atoms with van der Waals surface area (Å²) in [6.07, 6.45) is 2.01. The summed E-state index contributed by atoms with van der Waals surface area (Å²) in [5.74, 6) is 3.08. The Kier molecular flexibility index (Phi) is 7.89. The minimum absolute atomic E-state index is 0.0699. The van der Waals surface area contributed by atoms with Gasteiger partial charge in [0, 0.05) is 16.3 Å². The third-order valence-electron chi connectivity index (χ3n) is 4.77. The van der Waals surface area contributed by atoms with Crippen LogP contribution in [-0.4, -0.2) is 37.1 Å². The van der Waals surface area contributed by atoms with Crippen LogP contribution in [0.15, 0.2) is 35.6 Å². The molecular formula is C21H24ClNO5. The van der Waals surface area contributed by atoms with Crippen molar-refractivity contribution < 1.29 is 23.9 Å². The quantitative estimate of drug-likeness (QED) is 0.382. The number of carbonyl (C=O) groups is 1. The summed E-state index contributed by atoms with van der Waals surface area (Å²) in [5, 5.41) is 3.72. The van der Waals surface area contributed by atoms with E-state index in [2.05, 4.69) is 5.32 Å². The zero-order valence-corrected chi connectivity index (χ0v) is 16.8. The van der Waals surface area contributed by atoms with Gasteiger partial charge in [0.2, 0.25) is 5.76 Å². The Labute approximate surface area is 169 Å². The highest BCUT2D eigenvalue weighted by Gasteiger charge is 2.56. The molecule has 1 aliphatic carbocycles. The standard InChI is InChI=1S/C21H24ClNO5/c1-3-12-28-18(14-25)19(23-17-9-7-16(22)8-10-17)21(20(26)27-4-2)11-5-6-15(21)13-24/h7-10,19,23H,3-6,11-12H2,1-2H3. The summed E-state index contributed by atoms with van der Waals surface area (Å²) >= 11 is 5.95. The number of benzene rings is 1. The van der Waals surface area contributed by atoms with Crippen LogP contribution in [0.1, 0.15) is 39.5 Å². The van der Waals surface area contributed by atoms with Crippen molar-refractivity contribution in [1.29, 1.82) is 0 Å². The van der Waals surface area contributed by atoms with E-state index in [1.165, 1.54) is 0 Å². The molecule has 1 fully saturated rings. The lowest BCUT2D eigenvalue weighted by Crippen LogP contribution is -2.49. The molecule has 0 amide bonds. The van der Waals surface area contributed by atoms with Crippen molar-refractivity contribution in [2.45, 2.75) is 45.6 Å². The lowest BCUT2D eigenvalue weighted by molar-refractivity contribution is -0.153. The van der Waals surface area contributed by atoms with Crippen LogP contribution in [-0.2, 0) is 23.9 Å². The first-order valence-corrected chi connectivity index (χ1v) is 9.72. The van der Waals surface area contributed by atoms with Crippen LogP contribution in [0.4, 0.5) is 5.69 Å². The third kappa shape index (κ3) is 4.48. The zero-order valence-electron chi connectivity index (χ0n) is 16.0. The molecule has 2 unspecified atom stereocenters. The minimum Gasteiger partial charge on any atom is -0.485 e. The number of hydrogen-bond donors (Lipinski definition) is 1. The van der Waals surface area contributed by atoms with Crippen LogP contribution in [0.5, 0.6) is 0 Å². The van der Waals surface area contributed by atoms with Gasteiger partial charge in [-0.15, -0.1) is 0 Å². The smallest absolute Gasteiger partial charge is 0.319 e. The topological polar surface area (TPSA) is 81.7 Å². The van der Waals surface area contributed by atoms with E-state index in [-0.39, 0.29) is 24.5 Å². The van der Waals surface area contributed by atoms with E-state index in [0.717, 1.165) is 0 Å². The maximum atomic E-state index is 13.0. The van der Waals surface area contributed by atoms with Crippen molar-refractivity contribution in [3.63, 3.8) is 0 Å². The van der Waals surface area contributed by atoms with Gasteiger partial charge >= 0.3 is 5.97 Å². The van der Waals surface area contributed by atoms with Crippen LogP contribution >= 0.6 is 11.6 Å². The maximum Gasteiger partial charge on any atom is 0.319 e. The molecule has 1 N–H and O–H groups in total. The summed E-state index contributed by atoms with van der Waals surface area (Å²) in [4.78, 5) is 36.5. The van der Waals surface area contributed by atoms with Crippen molar-refractivity contribution in [1.82, 2.24) is 0 Å². The van der Waals surface area contributed by atoms with Gasteiger partial charge in [0.15, 0.2) is 5.94 Å². The molecule has 0 aliphatic heterocycles. The predicted molar refractivity (Wildman–Crippen MR) is 106 cm³/mol. The Morgan fingerprint density at radius 1 is 1.25 bits per heavy atom. The van der Waals surface area contributed by atoms with Crippen molar-refractivity contribution >= 4 is 35.1 Å². The van der Waals surface area contributed by atoms with Crippen molar-refractivity contribution in [2.24, 2.45) is 5.41 Å². The number of carbonyl (C=O) groups excluding carboxylic acids is 3. The fraction of sp³-hybridized carbons (Fsp3) is 0.476. The first kappa shape index (κ1) is 21.8. The first-order valence-electron chi connectivity index (χ1n) is 9.35. The van der Waals surface area contributed by atoms with E-state index in [1.54, 1.807) is 31.2 Å². The van der Waals surface area contributed by atoms with Crippen molar-refractivity contribution in [3.05, 3.63) is 40.6 Å². The number of nitrogens with one attached hydrogen (secondary N) is 1. The lowest BCUT2D eigenvalue weighted by Gasteiger charge is -2.36. The fourth-order valence-electron chi connectivity index (χ4n) is 3.49. The monoisotopic (exact) mass is 405 g/mol. The van der Waals surface area contributed by atoms with Crippen LogP contribution in [0, 0.1) is 5.41 Å². The summed E-state index contributed by atoms with van der Waals surface area (Å²) in [7, 11) is 0. The second-order valence-electron chi connectivity index (χ2n) is 6.53. The normalized spacial score (nSPS) is 19.3. The van der Waals surface area contributed by atoms with Gasteiger partial charge in [0.25, 0.3) is 0 Å². The molecule has 0 aromatic heterocycles. The lowest BCUT2D eigenvalue weighted by atomic mass is 9.74. The molecule has 150 valence electrons. The highest BCUT2D eigenvalue weighted by molar-refractivity contribution is 6.30. The predicted octanol–water partition coefficient (Wildman–Crippen LogP) is 3.75. The minimum atomic E-state index is -1.38. The molecule has 2 atom stereocenters. The molecule has 2 rings (SSSR count). The van der Waals surface area contributed by atoms with Crippen LogP contribution < -0.4 is 5.32 Å². The van der Waals surface area contributed by atoms with Crippen molar-refractivity contribution in [2.75, 3.05) is 18.5 Å². The van der Waals surface area contributed by atoms with Crippen LogP contribution in [0.25, 0.3) is 0 Å². The molecule has 1 aliphatic rings. The number of anilines is 1. The number of halogens is 1. The molecule has 0 bridgehead atoms. The second-order valence-corrected chi connectivity index (χ2v) is 6.96. The Morgan fingerprint density at radius 3 is 2.54 bits per heavy atom. The highest BCUT2D eigenvalue weighted by atomic mass is 35.5. The van der Waals surface area contributed by atoms with E-state index in [1.807, 2.05) is 18.8 Å². The fourth-order valence-corrected chi connectivity index (χ4v) is 3.62. The number of ether oxygens (including phenoxy) is 2. The molecule has 6 nitrogen and oxygen atoms in total. The Hall–Kier alpha value is -2.52. The van der Waals surface area contributed by atoms with Gasteiger partial charge in [-0.1, -0.05) is 18.5 Å². The van der Waals surface area contributed by atoms with Gasteiger partial charge < -0.3 is 14.8 Å². The zero-order chi connectivity index (χ0) is 20.6. The van der Waals surface area contributed by atoms with Gasteiger partial charge in [-0.05, 0) is 56.9 Å². The van der Waals surface area contributed by atoms with Crippen LogP contribution in [0.2, 0.25) is 5.02 Å². The molecule has 28 heavy (non-hydrogen) atoms. The van der Waals surface area contributed by atoms with Crippen LogP contribution in [0.3, 0.4) is 0 Å². The number of rotatable bonds is 9. The largest absolute Gasteiger partial charge is 0.485 e. The van der Waals surface area contributed by atoms with Gasteiger partial charge in [-0.3, -0.25) is 4.79 Å². The molecule has 0 heterocycles. The molecule has 7 heteroatoms. The molecule has 0 spiro atoms. The summed E-state index contributed by atoms with van der Waals surface area (Å²) in [6.45, 7) is 4.02. The molecular weight excluding hydrogens is 382 g/mol.